The van der Waals surface area contributed by atoms with Gasteiger partial charge in [-0.25, -0.2) is 0 Å². The second-order valence-electron chi connectivity index (χ2n) is 7.33. The summed E-state index contributed by atoms with van der Waals surface area (Å²) in [6.45, 7) is 8.13. The van der Waals surface area contributed by atoms with Crippen LogP contribution in [0.4, 0.5) is 0 Å². The molecule has 1 amide bonds. The van der Waals surface area contributed by atoms with Crippen molar-refractivity contribution < 1.29 is 4.79 Å². The molecule has 0 saturated carbocycles. The van der Waals surface area contributed by atoms with Gasteiger partial charge < -0.3 is 4.90 Å². The Bertz CT molecular complexity index is 756. The van der Waals surface area contributed by atoms with Crippen molar-refractivity contribution in [2.45, 2.75) is 39.4 Å². The Morgan fingerprint density at radius 1 is 1.24 bits per heavy atom. The van der Waals surface area contributed by atoms with Crippen molar-refractivity contribution in [1.29, 1.82) is 0 Å². The number of pyridine rings is 1. The van der Waals surface area contributed by atoms with Gasteiger partial charge in [0.05, 0.1) is 5.69 Å². The molecule has 2 aliphatic rings. The molecule has 2 aromatic heterocycles. The van der Waals surface area contributed by atoms with Gasteiger partial charge in [0, 0.05) is 50.3 Å². The zero-order chi connectivity index (χ0) is 17.4. The lowest BCUT2D eigenvalue weighted by Gasteiger charge is -2.53. The standard InChI is InChI=1S/C19H25N5O/c1-14-9-15(2)24(21-14)13-19(25)22-8-5-17-11-23(18(17)12-22)10-16-3-6-20-7-4-16/h3-4,6-7,9,17-18H,5,8,10-13H2,1-2H3/t17-,18-/m1/s1. The molecule has 2 atom stereocenters. The molecule has 0 unspecified atom stereocenters. The minimum atomic E-state index is 0.181. The van der Waals surface area contributed by atoms with Crippen LogP contribution in [0.2, 0.25) is 0 Å². The van der Waals surface area contributed by atoms with Gasteiger partial charge in [0.25, 0.3) is 0 Å². The lowest BCUT2D eigenvalue weighted by molar-refractivity contribution is -0.139. The molecule has 6 nitrogen and oxygen atoms in total. The molecule has 132 valence electrons. The van der Waals surface area contributed by atoms with E-state index in [1.54, 1.807) is 0 Å². The van der Waals surface area contributed by atoms with Crippen molar-refractivity contribution in [3.63, 3.8) is 0 Å². The Morgan fingerprint density at radius 2 is 2.04 bits per heavy atom. The van der Waals surface area contributed by atoms with Crippen molar-refractivity contribution in [1.82, 2.24) is 24.6 Å². The van der Waals surface area contributed by atoms with Crippen LogP contribution in [0, 0.1) is 19.8 Å². The summed E-state index contributed by atoms with van der Waals surface area (Å²) in [5.74, 6) is 0.917. The van der Waals surface area contributed by atoms with Gasteiger partial charge in [-0.3, -0.25) is 19.4 Å². The van der Waals surface area contributed by atoms with Crippen molar-refractivity contribution >= 4 is 5.91 Å². The van der Waals surface area contributed by atoms with Gasteiger partial charge in [-0.05, 0) is 49.9 Å². The van der Waals surface area contributed by atoms with Crippen LogP contribution in [0.3, 0.4) is 0 Å². The zero-order valence-electron chi connectivity index (χ0n) is 14.9. The van der Waals surface area contributed by atoms with Crippen LogP contribution in [-0.4, -0.2) is 56.1 Å². The molecule has 0 N–H and O–H groups in total. The lowest BCUT2D eigenvalue weighted by Crippen LogP contribution is -2.64. The van der Waals surface area contributed by atoms with E-state index in [4.69, 9.17) is 0 Å². The molecule has 25 heavy (non-hydrogen) atoms. The average Bonchev–Trinajstić information content (AvgIpc) is 2.91. The van der Waals surface area contributed by atoms with Crippen LogP contribution in [0.1, 0.15) is 23.4 Å². The highest BCUT2D eigenvalue weighted by molar-refractivity contribution is 5.76. The van der Waals surface area contributed by atoms with Crippen LogP contribution in [0.5, 0.6) is 0 Å². The van der Waals surface area contributed by atoms with E-state index in [-0.39, 0.29) is 5.91 Å². The summed E-state index contributed by atoms with van der Waals surface area (Å²) >= 11 is 0. The third kappa shape index (κ3) is 3.31. The number of amides is 1. The van der Waals surface area contributed by atoms with Crippen LogP contribution in [-0.2, 0) is 17.9 Å². The van der Waals surface area contributed by atoms with E-state index >= 15 is 0 Å². The highest BCUT2D eigenvalue weighted by atomic mass is 16.2. The highest BCUT2D eigenvalue weighted by Gasteiger charge is 2.43. The highest BCUT2D eigenvalue weighted by Crippen LogP contribution is 2.33. The number of aryl methyl sites for hydroxylation is 2. The average molecular weight is 339 g/mol. The number of piperidine rings is 1. The van der Waals surface area contributed by atoms with E-state index in [1.165, 1.54) is 5.56 Å². The number of nitrogens with zero attached hydrogens (tertiary/aromatic N) is 5. The first kappa shape index (κ1) is 16.3. The Hall–Kier alpha value is -2.21. The summed E-state index contributed by atoms with van der Waals surface area (Å²) in [7, 11) is 0. The Kier molecular flexibility index (Phi) is 4.29. The van der Waals surface area contributed by atoms with Crippen molar-refractivity contribution in [3.8, 4) is 0 Å². The van der Waals surface area contributed by atoms with Gasteiger partial charge >= 0.3 is 0 Å². The van der Waals surface area contributed by atoms with Crippen LogP contribution < -0.4 is 0 Å². The number of rotatable bonds is 4. The van der Waals surface area contributed by atoms with Crippen molar-refractivity contribution in [3.05, 3.63) is 47.5 Å². The molecule has 2 aliphatic heterocycles. The molecular weight excluding hydrogens is 314 g/mol. The molecule has 2 fully saturated rings. The number of carbonyl (C=O) groups is 1. The normalized spacial score (nSPS) is 23.2. The number of hydrogen-bond acceptors (Lipinski definition) is 4. The summed E-state index contributed by atoms with van der Waals surface area (Å²) in [6.07, 6.45) is 4.80. The molecule has 6 heteroatoms. The molecular formula is C19H25N5O. The minimum absolute atomic E-state index is 0.181. The van der Waals surface area contributed by atoms with E-state index in [0.29, 0.717) is 12.6 Å². The zero-order valence-corrected chi connectivity index (χ0v) is 14.9. The molecule has 0 spiro atoms. The fourth-order valence-corrected chi connectivity index (χ4v) is 4.10. The van der Waals surface area contributed by atoms with E-state index in [0.717, 1.165) is 49.9 Å². The molecule has 0 radical (unpaired) electrons. The van der Waals surface area contributed by atoms with Crippen LogP contribution in [0.15, 0.2) is 30.6 Å². The van der Waals surface area contributed by atoms with E-state index in [2.05, 4.69) is 27.1 Å². The summed E-state index contributed by atoms with van der Waals surface area (Å²) < 4.78 is 1.82. The Morgan fingerprint density at radius 3 is 2.76 bits per heavy atom. The topological polar surface area (TPSA) is 54.3 Å². The van der Waals surface area contributed by atoms with Crippen LogP contribution in [0.25, 0.3) is 0 Å². The fourth-order valence-electron chi connectivity index (χ4n) is 4.10. The molecule has 0 bridgehead atoms. The van der Waals surface area contributed by atoms with E-state index in [1.807, 2.05) is 41.9 Å². The molecule has 0 aliphatic carbocycles. The lowest BCUT2D eigenvalue weighted by atomic mass is 9.82. The maximum absolute atomic E-state index is 12.7. The van der Waals surface area contributed by atoms with Crippen LogP contribution >= 0.6 is 0 Å². The van der Waals surface area contributed by atoms with Gasteiger partial charge in [-0.1, -0.05) is 0 Å². The third-order valence-corrected chi connectivity index (χ3v) is 5.54. The summed E-state index contributed by atoms with van der Waals surface area (Å²) in [6, 6.07) is 6.65. The molecule has 2 aromatic rings. The predicted octanol–water partition coefficient (Wildman–Crippen LogP) is 1.63. The maximum atomic E-state index is 12.7. The number of carbonyl (C=O) groups excluding carboxylic acids is 1. The number of likely N-dealkylation sites (tertiary alicyclic amines) is 2. The third-order valence-electron chi connectivity index (χ3n) is 5.54. The number of hydrogen-bond donors (Lipinski definition) is 0. The first-order chi connectivity index (χ1) is 12.1. The first-order valence-electron chi connectivity index (χ1n) is 9.02. The molecule has 4 heterocycles. The van der Waals surface area contributed by atoms with Crippen molar-refractivity contribution in [2.75, 3.05) is 19.6 Å². The van der Waals surface area contributed by atoms with E-state index in [9.17, 15) is 4.79 Å². The summed E-state index contributed by atoms with van der Waals surface area (Å²) in [5.41, 5.74) is 3.30. The molecule has 0 aromatic carbocycles. The van der Waals surface area contributed by atoms with Gasteiger partial charge in [-0.2, -0.15) is 5.10 Å². The predicted molar refractivity (Wildman–Crippen MR) is 94.8 cm³/mol. The second kappa shape index (κ2) is 6.59. The quantitative estimate of drug-likeness (QED) is 0.850. The number of fused-ring (bicyclic) bond motifs is 1. The molecule has 2 saturated heterocycles. The fraction of sp³-hybridized carbons (Fsp3) is 0.526. The monoisotopic (exact) mass is 339 g/mol. The molecule has 4 rings (SSSR count). The minimum Gasteiger partial charge on any atom is -0.339 e. The van der Waals surface area contributed by atoms with Gasteiger partial charge in [0.15, 0.2) is 0 Å². The van der Waals surface area contributed by atoms with Crippen molar-refractivity contribution in [2.24, 2.45) is 5.92 Å². The Balaban J connectivity index is 1.37. The number of aromatic nitrogens is 3. The SMILES string of the molecule is Cc1cc(C)n(CC(=O)N2CC[C@@H]3CN(Cc4ccncc4)[C@@H]3C2)n1. The second-order valence-corrected chi connectivity index (χ2v) is 7.33. The maximum Gasteiger partial charge on any atom is 0.244 e. The summed E-state index contributed by atoms with van der Waals surface area (Å²) in [4.78, 5) is 21.3. The first-order valence-corrected chi connectivity index (χ1v) is 9.02. The Labute approximate surface area is 148 Å². The smallest absolute Gasteiger partial charge is 0.244 e. The largest absolute Gasteiger partial charge is 0.339 e. The van der Waals surface area contributed by atoms with Gasteiger partial charge in [0.2, 0.25) is 5.91 Å². The van der Waals surface area contributed by atoms with Gasteiger partial charge in [-0.15, -0.1) is 0 Å². The van der Waals surface area contributed by atoms with E-state index < -0.39 is 0 Å². The van der Waals surface area contributed by atoms with Gasteiger partial charge in [0.1, 0.15) is 6.54 Å². The summed E-state index contributed by atoms with van der Waals surface area (Å²) in [5, 5.41) is 4.42.